The minimum absolute atomic E-state index is 0.0636. The molecule has 1 aliphatic rings. The quantitative estimate of drug-likeness (QED) is 0.229. The third-order valence-corrected chi connectivity index (χ3v) is 4.51. The number of ether oxygens (including phenoxy) is 1. The second-order valence-corrected chi connectivity index (χ2v) is 6.35. The van der Waals surface area contributed by atoms with Crippen molar-refractivity contribution < 1.29 is 19.4 Å². The Morgan fingerprint density at radius 2 is 1.67 bits per heavy atom. The number of rotatable bonds is 11. The molecule has 0 spiro atoms. The molecule has 0 saturated heterocycles. The highest BCUT2D eigenvalue weighted by Gasteiger charge is 2.26. The Hall–Kier alpha value is -1.54. The van der Waals surface area contributed by atoms with E-state index in [1.165, 1.54) is 7.11 Å². The number of aliphatic hydroxyl groups is 1. The number of nitrogens with zero attached hydrogens (tertiary/aromatic N) is 1. The number of carbonyl (C=O) groups excluding carboxylic acids is 2. The Labute approximate surface area is 142 Å². The fraction of sp³-hybridized carbons (Fsp3) is 0.875. The van der Waals surface area contributed by atoms with Crippen LogP contribution in [0.15, 0.2) is 5.29 Å². The highest BCUT2D eigenvalue weighted by molar-refractivity contribution is 5.76. The van der Waals surface area contributed by atoms with Gasteiger partial charge in [0.15, 0.2) is 6.29 Å². The number of unbranched alkanes of at least 4 members (excludes halogenated alkanes) is 3. The van der Waals surface area contributed by atoms with E-state index in [0.717, 1.165) is 44.9 Å². The van der Waals surface area contributed by atoms with Gasteiger partial charge in [0.1, 0.15) is 0 Å². The van der Waals surface area contributed by atoms with Crippen LogP contribution in [-0.4, -0.2) is 36.4 Å². The number of amides is 2. The predicted molar refractivity (Wildman–Crippen MR) is 88.5 cm³/mol. The summed E-state index contributed by atoms with van der Waals surface area (Å²) in [6, 6.07) is 0.192. The molecular weight excluding hydrogens is 314 g/mol. The Bertz CT molecular complexity index is 397. The topological polar surface area (TPSA) is 117 Å². The average molecular weight is 343 g/mol. The van der Waals surface area contributed by atoms with Crippen LogP contribution >= 0.6 is 0 Å². The van der Waals surface area contributed by atoms with Crippen LogP contribution in [-0.2, 0) is 14.3 Å². The van der Waals surface area contributed by atoms with Gasteiger partial charge >= 0.3 is 0 Å². The lowest BCUT2D eigenvalue weighted by Gasteiger charge is -2.31. The molecule has 1 rings (SSSR count). The Morgan fingerprint density at radius 3 is 2.21 bits per heavy atom. The van der Waals surface area contributed by atoms with E-state index in [1.807, 2.05) is 5.43 Å². The number of hydrogen-bond acceptors (Lipinski definition) is 6. The standard InChI is InChI=1S/C16H29N3O5/c1-24-16(22)12-8-10-13(11-9-12)17-14(20)6-4-2-3-5-7-15(21)18-19-23/h12-13,16,22H,2-11H2,1H3,(H,17,20)(H,18,21,23). The maximum atomic E-state index is 11.9. The molecule has 0 aromatic carbocycles. The van der Waals surface area contributed by atoms with Crippen molar-refractivity contribution in [3.63, 3.8) is 0 Å². The summed E-state index contributed by atoms with van der Waals surface area (Å²) in [6.07, 6.45) is 6.74. The molecule has 1 aliphatic carbocycles. The molecule has 0 radical (unpaired) electrons. The van der Waals surface area contributed by atoms with E-state index in [1.54, 1.807) is 0 Å². The summed E-state index contributed by atoms with van der Waals surface area (Å²) in [5.74, 6) is -0.139. The maximum absolute atomic E-state index is 11.9. The van der Waals surface area contributed by atoms with E-state index < -0.39 is 6.29 Å². The van der Waals surface area contributed by atoms with Gasteiger partial charge in [0.25, 0.3) is 0 Å². The van der Waals surface area contributed by atoms with E-state index in [2.05, 4.69) is 10.6 Å². The van der Waals surface area contributed by atoms with Crippen molar-refractivity contribution in [2.24, 2.45) is 11.2 Å². The zero-order valence-electron chi connectivity index (χ0n) is 14.3. The molecule has 0 heterocycles. The van der Waals surface area contributed by atoms with Gasteiger partial charge in [-0.1, -0.05) is 12.8 Å². The predicted octanol–water partition coefficient (Wildman–Crippen LogP) is 1.76. The fourth-order valence-corrected chi connectivity index (χ4v) is 3.07. The minimum atomic E-state index is -0.703. The van der Waals surface area contributed by atoms with Crippen molar-refractivity contribution in [3.8, 4) is 0 Å². The van der Waals surface area contributed by atoms with Gasteiger partial charge in [-0.05, 0) is 38.5 Å². The van der Waals surface area contributed by atoms with E-state index in [4.69, 9.17) is 4.74 Å². The van der Waals surface area contributed by atoms with E-state index in [0.29, 0.717) is 12.8 Å². The van der Waals surface area contributed by atoms with Gasteiger partial charge in [-0.25, -0.2) is 5.43 Å². The summed E-state index contributed by atoms with van der Waals surface area (Å²) in [5, 5.41) is 15.0. The second-order valence-electron chi connectivity index (χ2n) is 6.35. The van der Waals surface area contributed by atoms with E-state index in [-0.39, 0.29) is 30.2 Å². The van der Waals surface area contributed by atoms with Gasteiger partial charge in [0, 0.05) is 31.9 Å². The lowest BCUT2D eigenvalue weighted by Crippen LogP contribution is -2.39. The molecule has 1 unspecified atom stereocenters. The normalized spacial score (nSPS) is 21.8. The summed E-state index contributed by atoms with van der Waals surface area (Å²) in [7, 11) is 1.50. The molecule has 0 bridgehead atoms. The molecule has 1 fully saturated rings. The smallest absolute Gasteiger partial charge is 0.242 e. The van der Waals surface area contributed by atoms with Crippen LogP contribution in [0.3, 0.4) is 0 Å². The van der Waals surface area contributed by atoms with Crippen LogP contribution in [0.2, 0.25) is 0 Å². The summed E-state index contributed by atoms with van der Waals surface area (Å²) in [4.78, 5) is 32.7. The van der Waals surface area contributed by atoms with Crippen LogP contribution in [0.4, 0.5) is 0 Å². The molecule has 1 atom stereocenters. The zero-order chi connectivity index (χ0) is 17.8. The number of aliphatic hydroxyl groups excluding tert-OH is 1. The first-order valence-electron chi connectivity index (χ1n) is 8.68. The molecule has 0 aromatic rings. The summed E-state index contributed by atoms with van der Waals surface area (Å²) >= 11 is 0. The largest absolute Gasteiger partial charge is 0.368 e. The molecular formula is C16H29N3O5. The average Bonchev–Trinajstić information content (AvgIpc) is 2.58. The molecule has 2 amide bonds. The van der Waals surface area contributed by atoms with Crippen molar-refractivity contribution in [1.82, 2.24) is 10.7 Å². The number of nitroso groups, excluding NO2 is 1. The van der Waals surface area contributed by atoms with Crippen molar-refractivity contribution in [3.05, 3.63) is 4.91 Å². The first kappa shape index (κ1) is 20.5. The van der Waals surface area contributed by atoms with Crippen LogP contribution in [0.1, 0.15) is 64.2 Å². The highest BCUT2D eigenvalue weighted by Crippen LogP contribution is 2.27. The van der Waals surface area contributed by atoms with Crippen LogP contribution in [0.5, 0.6) is 0 Å². The fourth-order valence-electron chi connectivity index (χ4n) is 3.07. The zero-order valence-corrected chi connectivity index (χ0v) is 14.3. The van der Waals surface area contributed by atoms with Crippen molar-refractivity contribution in [2.75, 3.05) is 7.11 Å². The van der Waals surface area contributed by atoms with Gasteiger partial charge in [0.2, 0.25) is 11.8 Å². The van der Waals surface area contributed by atoms with Crippen molar-refractivity contribution in [1.29, 1.82) is 0 Å². The highest BCUT2D eigenvalue weighted by atomic mass is 16.6. The molecule has 138 valence electrons. The molecule has 3 N–H and O–H groups in total. The SMILES string of the molecule is COC(O)C1CCC(NC(=O)CCCCCCC(=O)NN=O)CC1. The number of nitrogens with one attached hydrogen (secondary N) is 2. The molecule has 8 heteroatoms. The van der Waals surface area contributed by atoms with Gasteiger partial charge in [-0.2, -0.15) is 0 Å². The third-order valence-electron chi connectivity index (χ3n) is 4.51. The minimum Gasteiger partial charge on any atom is -0.368 e. The molecule has 0 aromatic heterocycles. The first-order chi connectivity index (χ1) is 11.6. The summed E-state index contributed by atoms with van der Waals surface area (Å²) in [5.41, 5.74) is 1.86. The van der Waals surface area contributed by atoms with Crippen molar-refractivity contribution >= 4 is 11.8 Å². The van der Waals surface area contributed by atoms with Gasteiger partial charge in [-0.15, -0.1) is 4.91 Å². The van der Waals surface area contributed by atoms with Gasteiger partial charge < -0.3 is 15.2 Å². The number of hydrogen-bond donors (Lipinski definition) is 3. The third kappa shape index (κ3) is 8.35. The van der Waals surface area contributed by atoms with Gasteiger partial charge in [0.05, 0.1) is 5.29 Å². The first-order valence-corrected chi connectivity index (χ1v) is 8.68. The lowest BCUT2D eigenvalue weighted by atomic mass is 9.85. The van der Waals surface area contributed by atoms with Crippen molar-refractivity contribution in [2.45, 2.75) is 76.5 Å². The van der Waals surface area contributed by atoms with Crippen LogP contribution < -0.4 is 10.7 Å². The van der Waals surface area contributed by atoms with Crippen LogP contribution in [0, 0.1) is 10.8 Å². The maximum Gasteiger partial charge on any atom is 0.242 e. The summed E-state index contributed by atoms with van der Waals surface area (Å²) < 4.78 is 4.94. The number of methoxy groups -OCH3 is 1. The molecule has 1 saturated carbocycles. The van der Waals surface area contributed by atoms with E-state index >= 15 is 0 Å². The second kappa shape index (κ2) is 11.9. The Morgan fingerprint density at radius 1 is 1.08 bits per heavy atom. The summed E-state index contributed by atoms with van der Waals surface area (Å²) in [6.45, 7) is 0. The molecule has 0 aliphatic heterocycles. The lowest BCUT2D eigenvalue weighted by molar-refractivity contribution is -0.126. The van der Waals surface area contributed by atoms with Gasteiger partial charge in [-0.3, -0.25) is 9.59 Å². The Kier molecular flexibility index (Phi) is 10.2. The Balaban J connectivity index is 2.03. The van der Waals surface area contributed by atoms with E-state index in [9.17, 15) is 19.6 Å². The van der Waals surface area contributed by atoms with Crippen LogP contribution in [0.25, 0.3) is 0 Å². The number of carbonyl (C=O) groups is 2. The molecule has 24 heavy (non-hydrogen) atoms. The monoisotopic (exact) mass is 343 g/mol. The molecule has 8 nitrogen and oxygen atoms in total.